The van der Waals surface area contributed by atoms with Crippen LogP contribution in [0.25, 0.3) is 0 Å². The van der Waals surface area contributed by atoms with Crippen LogP contribution in [0.15, 0.2) is 47.1 Å². The van der Waals surface area contributed by atoms with Crippen LogP contribution in [0, 0.1) is 0 Å². The molecule has 2 heterocycles. The number of nitrogens with one attached hydrogen (secondary N) is 1. The van der Waals surface area contributed by atoms with Crippen LogP contribution >= 0.6 is 0 Å². The van der Waals surface area contributed by atoms with E-state index in [9.17, 15) is 4.79 Å². The monoisotopic (exact) mass is 270 g/mol. The van der Waals surface area contributed by atoms with E-state index in [0.717, 1.165) is 18.0 Å². The maximum Gasteiger partial charge on any atom is 0.223 e. The maximum absolute atomic E-state index is 12.3. The molecule has 0 fully saturated rings. The molecule has 4 heteroatoms. The van der Waals surface area contributed by atoms with E-state index in [-0.39, 0.29) is 11.8 Å². The highest BCUT2D eigenvalue weighted by Gasteiger charge is 2.25. The summed E-state index contributed by atoms with van der Waals surface area (Å²) in [6, 6.07) is 11.9. The Bertz CT molecular complexity index is 592. The lowest BCUT2D eigenvalue weighted by Crippen LogP contribution is -2.27. The molecule has 1 aliphatic heterocycles. The van der Waals surface area contributed by atoms with Gasteiger partial charge in [0.25, 0.3) is 0 Å². The first kappa shape index (κ1) is 12.8. The van der Waals surface area contributed by atoms with Crippen molar-refractivity contribution in [2.75, 3.05) is 18.9 Å². The highest BCUT2D eigenvalue weighted by Crippen LogP contribution is 2.33. The summed E-state index contributed by atoms with van der Waals surface area (Å²) in [5, 5.41) is 3.35. The van der Waals surface area contributed by atoms with Crippen LogP contribution in [0.3, 0.4) is 0 Å². The molecule has 1 N–H and O–H groups in total. The number of hydrogen-bond donors (Lipinski definition) is 1. The second kappa shape index (κ2) is 5.41. The summed E-state index contributed by atoms with van der Waals surface area (Å²) in [5.74, 6) is 1.22. The number of benzene rings is 1. The summed E-state index contributed by atoms with van der Waals surface area (Å²) in [7, 11) is 1.82. The van der Waals surface area contributed by atoms with E-state index in [4.69, 9.17) is 4.42 Å². The molecule has 1 aromatic heterocycles. The molecule has 1 aromatic carbocycles. The van der Waals surface area contributed by atoms with Gasteiger partial charge in [0, 0.05) is 31.6 Å². The first-order valence-electron chi connectivity index (χ1n) is 6.83. The van der Waals surface area contributed by atoms with Gasteiger partial charge in [0.1, 0.15) is 5.76 Å². The van der Waals surface area contributed by atoms with E-state index in [1.165, 1.54) is 5.56 Å². The fourth-order valence-electron chi connectivity index (χ4n) is 2.63. The van der Waals surface area contributed by atoms with E-state index in [1.807, 2.05) is 31.3 Å². The molecule has 2 aromatic rings. The van der Waals surface area contributed by atoms with Gasteiger partial charge in [-0.05, 0) is 23.8 Å². The minimum absolute atomic E-state index is 0.143. The largest absolute Gasteiger partial charge is 0.467 e. The van der Waals surface area contributed by atoms with Crippen LogP contribution in [-0.4, -0.2) is 24.4 Å². The van der Waals surface area contributed by atoms with Crippen molar-refractivity contribution in [2.45, 2.75) is 18.9 Å². The van der Waals surface area contributed by atoms with Crippen LogP contribution in [0.1, 0.15) is 23.7 Å². The zero-order valence-electron chi connectivity index (χ0n) is 11.5. The van der Waals surface area contributed by atoms with E-state index in [0.29, 0.717) is 13.0 Å². The summed E-state index contributed by atoms with van der Waals surface area (Å²) in [4.78, 5) is 14.0. The van der Waals surface area contributed by atoms with Gasteiger partial charge in [0.15, 0.2) is 0 Å². The number of hydrogen-bond acceptors (Lipinski definition) is 3. The maximum atomic E-state index is 12.3. The van der Waals surface area contributed by atoms with Gasteiger partial charge < -0.3 is 14.6 Å². The summed E-state index contributed by atoms with van der Waals surface area (Å²) in [5.41, 5.74) is 2.39. The Hall–Kier alpha value is -2.23. The smallest absolute Gasteiger partial charge is 0.223 e. The summed E-state index contributed by atoms with van der Waals surface area (Å²) >= 11 is 0. The highest BCUT2D eigenvalue weighted by molar-refractivity contribution is 5.78. The topological polar surface area (TPSA) is 45.5 Å². The van der Waals surface area contributed by atoms with Crippen LogP contribution < -0.4 is 5.32 Å². The lowest BCUT2D eigenvalue weighted by Gasteiger charge is -2.18. The Balaban J connectivity index is 1.62. The van der Waals surface area contributed by atoms with Crippen molar-refractivity contribution < 1.29 is 9.21 Å². The predicted molar refractivity (Wildman–Crippen MR) is 77.5 cm³/mol. The van der Waals surface area contributed by atoms with Gasteiger partial charge >= 0.3 is 0 Å². The molecule has 3 rings (SSSR count). The molecule has 1 aliphatic rings. The van der Waals surface area contributed by atoms with Crippen LogP contribution in [-0.2, 0) is 11.3 Å². The Morgan fingerprint density at radius 2 is 2.20 bits per heavy atom. The number of para-hydroxylation sites is 1. The second-order valence-corrected chi connectivity index (χ2v) is 5.20. The highest BCUT2D eigenvalue weighted by atomic mass is 16.3. The van der Waals surface area contributed by atoms with Crippen LogP contribution in [0.5, 0.6) is 0 Å². The lowest BCUT2D eigenvalue weighted by molar-refractivity contribution is -0.131. The first-order valence-corrected chi connectivity index (χ1v) is 6.83. The molecule has 20 heavy (non-hydrogen) atoms. The fourth-order valence-corrected chi connectivity index (χ4v) is 2.63. The SMILES string of the molecule is CN(Cc1ccco1)C(=O)CC1CNc2ccccc21. The second-order valence-electron chi connectivity index (χ2n) is 5.20. The molecular formula is C16H18N2O2. The number of rotatable bonds is 4. The Morgan fingerprint density at radius 3 is 3.00 bits per heavy atom. The third-order valence-electron chi connectivity index (χ3n) is 3.76. The number of carbonyl (C=O) groups excluding carboxylic acids is 1. The molecule has 4 nitrogen and oxygen atoms in total. The average Bonchev–Trinajstić information content (AvgIpc) is 3.09. The standard InChI is InChI=1S/C16H18N2O2/c1-18(11-13-5-4-8-20-13)16(19)9-12-10-17-15-7-3-2-6-14(12)15/h2-8,12,17H,9-11H2,1H3. The van der Waals surface area contributed by atoms with Crippen molar-refractivity contribution in [1.82, 2.24) is 4.90 Å². The Labute approximate surface area is 118 Å². The normalized spacial score (nSPS) is 16.6. The molecular weight excluding hydrogens is 252 g/mol. The first-order chi connectivity index (χ1) is 9.74. The zero-order chi connectivity index (χ0) is 13.9. The molecule has 0 spiro atoms. The summed E-state index contributed by atoms with van der Waals surface area (Å²) < 4.78 is 5.27. The Morgan fingerprint density at radius 1 is 1.35 bits per heavy atom. The van der Waals surface area contributed by atoms with Crippen molar-refractivity contribution >= 4 is 11.6 Å². The fraction of sp³-hybridized carbons (Fsp3) is 0.312. The van der Waals surface area contributed by atoms with Gasteiger partial charge in [-0.15, -0.1) is 0 Å². The average molecular weight is 270 g/mol. The lowest BCUT2D eigenvalue weighted by atomic mass is 9.97. The van der Waals surface area contributed by atoms with Crippen molar-refractivity contribution in [3.05, 3.63) is 54.0 Å². The van der Waals surface area contributed by atoms with E-state index < -0.39 is 0 Å². The minimum Gasteiger partial charge on any atom is -0.467 e. The molecule has 1 atom stereocenters. The number of carbonyl (C=O) groups is 1. The van der Waals surface area contributed by atoms with E-state index in [1.54, 1.807) is 11.2 Å². The van der Waals surface area contributed by atoms with Gasteiger partial charge in [-0.1, -0.05) is 18.2 Å². The van der Waals surface area contributed by atoms with E-state index in [2.05, 4.69) is 17.4 Å². The zero-order valence-corrected chi connectivity index (χ0v) is 11.5. The van der Waals surface area contributed by atoms with Crippen molar-refractivity contribution in [3.8, 4) is 0 Å². The Kier molecular flexibility index (Phi) is 3.46. The number of fused-ring (bicyclic) bond motifs is 1. The minimum atomic E-state index is 0.143. The number of amides is 1. The van der Waals surface area contributed by atoms with Crippen molar-refractivity contribution in [3.63, 3.8) is 0 Å². The number of nitrogens with zero attached hydrogens (tertiary/aromatic N) is 1. The molecule has 1 unspecified atom stereocenters. The number of furan rings is 1. The molecule has 0 radical (unpaired) electrons. The van der Waals surface area contributed by atoms with E-state index >= 15 is 0 Å². The van der Waals surface area contributed by atoms with Gasteiger partial charge in [-0.3, -0.25) is 4.79 Å². The van der Waals surface area contributed by atoms with Gasteiger partial charge in [0.2, 0.25) is 5.91 Å². The number of anilines is 1. The molecule has 0 aliphatic carbocycles. The van der Waals surface area contributed by atoms with Crippen LogP contribution in [0.4, 0.5) is 5.69 Å². The molecule has 0 saturated carbocycles. The summed E-state index contributed by atoms with van der Waals surface area (Å²) in [6.07, 6.45) is 2.16. The third kappa shape index (κ3) is 2.54. The van der Waals surface area contributed by atoms with Gasteiger partial charge in [-0.2, -0.15) is 0 Å². The molecule has 0 bridgehead atoms. The predicted octanol–water partition coefficient (Wildman–Crippen LogP) is 2.84. The van der Waals surface area contributed by atoms with Gasteiger partial charge in [0.05, 0.1) is 12.8 Å². The van der Waals surface area contributed by atoms with Gasteiger partial charge in [-0.25, -0.2) is 0 Å². The molecule has 0 saturated heterocycles. The summed E-state index contributed by atoms with van der Waals surface area (Å²) in [6.45, 7) is 1.35. The third-order valence-corrected chi connectivity index (χ3v) is 3.76. The molecule has 104 valence electrons. The van der Waals surface area contributed by atoms with Crippen molar-refractivity contribution in [1.29, 1.82) is 0 Å². The van der Waals surface area contributed by atoms with Crippen LogP contribution in [0.2, 0.25) is 0 Å². The van der Waals surface area contributed by atoms with Crippen molar-refractivity contribution in [2.24, 2.45) is 0 Å². The molecule has 1 amide bonds. The quantitative estimate of drug-likeness (QED) is 0.929.